The molecule has 0 atom stereocenters. The highest BCUT2D eigenvalue weighted by Gasteiger charge is 2.13. The summed E-state index contributed by atoms with van der Waals surface area (Å²) in [5.41, 5.74) is 0.829. The van der Waals surface area contributed by atoms with Crippen LogP contribution in [0, 0.1) is 0 Å². The minimum absolute atomic E-state index is 0.116. The van der Waals surface area contributed by atoms with E-state index >= 15 is 0 Å². The summed E-state index contributed by atoms with van der Waals surface area (Å²) in [7, 11) is -1.82. The molecule has 22 heavy (non-hydrogen) atoms. The van der Waals surface area contributed by atoms with Crippen molar-refractivity contribution >= 4 is 38.6 Å². The maximum Gasteiger partial charge on any atom is 0.222 e. The number of sulfonamides is 1. The number of thiophene rings is 1. The SMILES string of the molecule is CN(Cc1csc(-c2cccs2)n1)C(=O)CCCS(N)(=O)=O. The Labute approximate surface area is 137 Å². The van der Waals surface area contributed by atoms with Gasteiger partial charge in [0.05, 0.1) is 22.9 Å². The number of aromatic nitrogens is 1. The first-order valence-corrected chi connectivity index (χ1v) is 10.1. The third-order valence-electron chi connectivity index (χ3n) is 2.93. The van der Waals surface area contributed by atoms with E-state index in [-0.39, 0.29) is 24.5 Å². The predicted octanol–water partition coefficient (Wildman–Crippen LogP) is 1.90. The second-order valence-electron chi connectivity index (χ2n) is 4.84. The molecule has 2 aromatic rings. The Morgan fingerprint density at radius 2 is 2.18 bits per heavy atom. The molecule has 0 saturated carbocycles. The van der Waals surface area contributed by atoms with Crippen LogP contribution in [0.15, 0.2) is 22.9 Å². The molecule has 120 valence electrons. The molecule has 0 aliphatic carbocycles. The monoisotopic (exact) mass is 359 g/mol. The standard InChI is InChI=1S/C13H17N3O3S3/c1-16(12(17)5-3-7-22(14,18)19)8-10-9-21-13(15-10)11-4-2-6-20-11/h2,4,6,9H,3,5,7-8H2,1H3,(H2,14,18,19). The number of thiazole rings is 1. The van der Waals surface area contributed by atoms with Crippen LogP contribution < -0.4 is 5.14 Å². The van der Waals surface area contributed by atoms with Gasteiger partial charge in [-0.1, -0.05) is 6.07 Å². The molecule has 0 aliphatic rings. The zero-order valence-electron chi connectivity index (χ0n) is 12.1. The lowest BCUT2D eigenvalue weighted by molar-refractivity contribution is -0.130. The van der Waals surface area contributed by atoms with Gasteiger partial charge in [-0.2, -0.15) is 0 Å². The average Bonchev–Trinajstić information content (AvgIpc) is 3.06. The first-order chi connectivity index (χ1) is 10.3. The molecule has 2 rings (SSSR count). The molecular formula is C13H17N3O3S3. The van der Waals surface area contributed by atoms with Crippen LogP contribution in [0.2, 0.25) is 0 Å². The van der Waals surface area contributed by atoms with Crippen molar-refractivity contribution in [2.45, 2.75) is 19.4 Å². The topological polar surface area (TPSA) is 93.4 Å². The maximum absolute atomic E-state index is 11.9. The fraction of sp³-hybridized carbons (Fsp3) is 0.385. The summed E-state index contributed by atoms with van der Waals surface area (Å²) in [6.45, 7) is 0.413. The van der Waals surface area contributed by atoms with Gasteiger partial charge in [-0.15, -0.1) is 22.7 Å². The molecule has 0 fully saturated rings. The van der Waals surface area contributed by atoms with E-state index in [2.05, 4.69) is 4.98 Å². The Kier molecular flexibility index (Phi) is 5.68. The Morgan fingerprint density at radius 3 is 2.82 bits per heavy atom. The highest BCUT2D eigenvalue weighted by Crippen LogP contribution is 2.28. The smallest absolute Gasteiger partial charge is 0.222 e. The van der Waals surface area contributed by atoms with Gasteiger partial charge in [0.2, 0.25) is 15.9 Å². The van der Waals surface area contributed by atoms with Gasteiger partial charge in [-0.3, -0.25) is 4.79 Å². The summed E-state index contributed by atoms with van der Waals surface area (Å²) in [6.07, 6.45) is 0.397. The quantitative estimate of drug-likeness (QED) is 0.817. The van der Waals surface area contributed by atoms with E-state index < -0.39 is 10.0 Å². The number of hydrogen-bond acceptors (Lipinski definition) is 6. The molecule has 0 aromatic carbocycles. The fourth-order valence-corrected chi connectivity index (χ4v) is 4.01. The molecule has 0 saturated heterocycles. The molecule has 0 unspecified atom stereocenters. The van der Waals surface area contributed by atoms with Crippen LogP contribution in [0.4, 0.5) is 0 Å². The third kappa shape index (κ3) is 5.16. The summed E-state index contributed by atoms with van der Waals surface area (Å²) < 4.78 is 21.7. The Morgan fingerprint density at radius 1 is 1.41 bits per heavy atom. The third-order valence-corrected chi connectivity index (χ3v) is 5.72. The highest BCUT2D eigenvalue weighted by atomic mass is 32.2. The van der Waals surface area contributed by atoms with Crippen molar-refractivity contribution in [3.63, 3.8) is 0 Å². The maximum atomic E-state index is 11.9. The zero-order chi connectivity index (χ0) is 16.2. The van der Waals surface area contributed by atoms with E-state index in [1.807, 2.05) is 22.9 Å². The molecule has 2 heterocycles. The lowest BCUT2D eigenvalue weighted by atomic mass is 10.3. The van der Waals surface area contributed by atoms with E-state index in [0.717, 1.165) is 15.6 Å². The van der Waals surface area contributed by atoms with Gasteiger partial charge < -0.3 is 4.90 Å². The molecule has 9 heteroatoms. The van der Waals surface area contributed by atoms with Gasteiger partial charge in [-0.05, 0) is 17.9 Å². The number of carbonyl (C=O) groups excluding carboxylic acids is 1. The molecule has 1 amide bonds. The van der Waals surface area contributed by atoms with Gasteiger partial charge in [-0.25, -0.2) is 18.5 Å². The van der Waals surface area contributed by atoms with Crippen LogP contribution in [-0.4, -0.2) is 37.0 Å². The number of nitrogens with two attached hydrogens (primary N) is 1. The van der Waals surface area contributed by atoms with Crippen LogP contribution in [0.1, 0.15) is 18.5 Å². The number of hydrogen-bond donors (Lipinski definition) is 1. The Hall–Kier alpha value is -1.29. The number of rotatable bonds is 7. The van der Waals surface area contributed by atoms with Gasteiger partial charge in [0.1, 0.15) is 5.01 Å². The van der Waals surface area contributed by atoms with E-state index in [4.69, 9.17) is 5.14 Å². The second kappa shape index (κ2) is 7.32. The molecular weight excluding hydrogens is 342 g/mol. The molecule has 6 nitrogen and oxygen atoms in total. The average molecular weight is 359 g/mol. The zero-order valence-corrected chi connectivity index (χ0v) is 14.5. The van der Waals surface area contributed by atoms with Gasteiger partial charge >= 0.3 is 0 Å². The van der Waals surface area contributed by atoms with E-state index in [0.29, 0.717) is 6.54 Å². The first-order valence-electron chi connectivity index (χ1n) is 6.58. The van der Waals surface area contributed by atoms with Crippen molar-refractivity contribution in [1.29, 1.82) is 0 Å². The predicted molar refractivity (Wildman–Crippen MR) is 89.1 cm³/mol. The number of primary sulfonamides is 1. The summed E-state index contributed by atoms with van der Waals surface area (Å²) >= 11 is 3.17. The normalized spacial score (nSPS) is 11.5. The van der Waals surface area contributed by atoms with Gasteiger partial charge in [0, 0.05) is 18.8 Å². The van der Waals surface area contributed by atoms with Gasteiger partial charge in [0.25, 0.3) is 0 Å². The van der Waals surface area contributed by atoms with Crippen molar-refractivity contribution in [3.05, 3.63) is 28.6 Å². The summed E-state index contributed by atoms with van der Waals surface area (Å²) in [6, 6.07) is 3.98. The molecule has 0 aliphatic heterocycles. The molecule has 0 spiro atoms. The Bertz CT molecular complexity index is 723. The minimum atomic E-state index is -3.51. The number of nitrogens with zero attached hydrogens (tertiary/aromatic N) is 2. The van der Waals surface area contributed by atoms with E-state index in [1.54, 1.807) is 34.6 Å². The first kappa shape index (κ1) is 17.1. The van der Waals surface area contributed by atoms with Crippen LogP contribution >= 0.6 is 22.7 Å². The molecule has 2 N–H and O–H groups in total. The number of amides is 1. The van der Waals surface area contributed by atoms with Crippen LogP contribution in [0.5, 0.6) is 0 Å². The van der Waals surface area contributed by atoms with Crippen LogP contribution in [-0.2, 0) is 21.4 Å². The molecule has 0 radical (unpaired) electrons. The van der Waals surface area contributed by atoms with Crippen molar-refractivity contribution in [3.8, 4) is 9.88 Å². The summed E-state index contributed by atoms with van der Waals surface area (Å²) in [5, 5.41) is 9.79. The Balaban J connectivity index is 1.86. The molecule has 0 bridgehead atoms. The lowest BCUT2D eigenvalue weighted by Gasteiger charge is -2.15. The lowest BCUT2D eigenvalue weighted by Crippen LogP contribution is -2.27. The highest BCUT2D eigenvalue weighted by molar-refractivity contribution is 7.89. The van der Waals surface area contributed by atoms with Crippen molar-refractivity contribution in [1.82, 2.24) is 9.88 Å². The van der Waals surface area contributed by atoms with E-state index in [1.165, 1.54) is 0 Å². The largest absolute Gasteiger partial charge is 0.340 e. The van der Waals surface area contributed by atoms with Gasteiger partial charge in [0.15, 0.2) is 0 Å². The fourth-order valence-electron chi connectivity index (χ4n) is 1.84. The summed E-state index contributed by atoms with van der Waals surface area (Å²) in [4.78, 5) is 19.1. The van der Waals surface area contributed by atoms with Crippen LogP contribution in [0.3, 0.4) is 0 Å². The van der Waals surface area contributed by atoms with Crippen molar-refractivity contribution in [2.24, 2.45) is 5.14 Å². The summed E-state index contributed by atoms with van der Waals surface area (Å²) in [5.74, 6) is -0.291. The number of carbonyl (C=O) groups is 1. The second-order valence-corrected chi connectivity index (χ2v) is 8.38. The van der Waals surface area contributed by atoms with Crippen LogP contribution in [0.25, 0.3) is 9.88 Å². The van der Waals surface area contributed by atoms with E-state index in [9.17, 15) is 13.2 Å². The van der Waals surface area contributed by atoms with Crippen molar-refractivity contribution < 1.29 is 13.2 Å². The molecule has 2 aromatic heterocycles. The van der Waals surface area contributed by atoms with Crippen molar-refractivity contribution in [2.75, 3.05) is 12.8 Å². The minimum Gasteiger partial charge on any atom is -0.340 e.